The van der Waals surface area contributed by atoms with Gasteiger partial charge in [0.05, 0.1) is 44.2 Å². The Hall–Kier alpha value is -2.74. The van der Waals surface area contributed by atoms with Gasteiger partial charge in [-0.3, -0.25) is 4.79 Å². The molecule has 0 unspecified atom stereocenters. The molecule has 0 aliphatic rings. The number of ether oxygens (including phenoxy) is 4. The summed E-state index contributed by atoms with van der Waals surface area (Å²) in [5.41, 5.74) is 3.55. The number of halogens is 1. The molecule has 0 saturated carbocycles. The summed E-state index contributed by atoms with van der Waals surface area (Å²) in [6.07, 6.45) is 1.51. The normalized spacial score (nSPS) is 10.6. The van der Waals surface area contributed by atoms with Crippen molar-refractivity contribution in [3.8, 4) is 23.0 Å². The van der Waals surface area contributed by atoms with Gasteiger partial charge in [-0.25, -0.2) is 5.43 Å². The first-order chi connectivity index (χ1) is 13.0. The van der Waals surface area contributed by atoms with Crippen LogP contribution >= 0.6 is 15.9 Å². The molecule has 0 atom stereocenters. The number of rotatable bonds is 8. The monoisotopic (exact) mass is 436 g/mol. The summed E-state index contributed by atoms with van der Waals surface area (Å²) < 4.78 is 22.0. The van der Waals surface area contributed by atoms with E-state index in [1.54, 1.807) is 38.5 Å². The van der Waals surface area contributed by atoms with Crippen LogP contribution in [-0.4, -0.2) is 40.1 Å². The van der Waals surface area contributed by atoms with Crippen molar-refractivity contribution in [1.29, 1.82) is 0 Å². The first kappa shape index (κ1) is 20.6. The summed E-state index contributed by atoms with van der Waals surface area (Å²) in [6.45, 7) is 2.41. The molecule has 0 bridgehead atoms. The fourth-order valence-electron chi connectivity index (χ4n) is 2.31. The van der Waals surface area contributed by atoms with E-state index in [1.165, 1.54) is 13.3 Å². The second-order valence-corrected chi connectivity index (χ2v) is 6.09. The minimum absolute atomic E-state index is 0.348. The molecule has 144 valence electrons. The molecule has 2 aromatic carbocycles. The predicted molar refractivity (Wildman–Crippen MR) is 106 cm³/mol. The van der Waals surface area contributed by atoms with Crippen LogP contribution < -0.4 is 24.4 Å². The van der Waals surface area contributed by atoms with Crippen LogP contribution in [0.4, 0.5) is 0 Å². The number of carbonyl (C=O) groups is 1. The first-order valence-corrected chi connectivity index (χ1v) is 8.89. The van der Waals surface area contributed by atoms with Crippen LogP contribution in [0, 0.1) is 0 Å². The third-order valence-electron chi connectivity index (χ3n) is 3.57. The number of methoxy groups -OCH3 is 3. The van der Waals surface area contributed by atoms with Crippen molar-refractivity contribution >= 4 is 28.1 Å². The lowest BCUT2D eigenvalue weighted by Gasteiger charge is -2.12. The molecule has 0 heterocycles. The van der Waals surface area contributed by atoms with Crippen molar-refractivity contribution in [2.24, 2.45) is 5.10 Å². The number of benzene rings is 2. The zero-order valence-corrected chi connectivity index (χ0v) is 17.1. The van der Waals surface area contributed by atoms with Crippen molar-refractivity contribution in [3.63, 3.8) is 0 Å². The second kappa shape index (κ2) is 9.82. The van der Waals surface area contributed by atoms with Crippen molar-refractivity contribution in [1.82, 2.24) is 5.43 Å². The zero-order chi connectivity index (χ0) is 19.8. The molecule has 27 heavy (non-hydrogen) atoms. The molecular formula is C19H21BrN2O5. The fourth-order valence-corrected chi connectivity index (χ4v) is 2.88. The van der Waals surface area contributed by atoms with Crippen molar-refractivity contribution in [3.05, 3.63) is 45.9 Å². The summed E-state index contributed by atoms with van der Waals surface area (Å²) in [7, 11) is 4.59. The van der Waals surface area contributed by atoms with Crippen LogP contribution in [0.15, 0.2) is 39.9 Å². The molecule has 1 amide bonds. The van der Waals surface area contributed by atoms with Crippen molar-refractivity contribution < 1.29 is 23.7 Å². The number of hydrazone groups is 1. The Kier molecular flexibility index (Phi) is 7.48. The van der Waals surface area contributed by atoms with Gasteiger partial charge in [-0.05, 0) is 52.7 Å². The smallest absolute Gasteiger partial charge is 0.275 e. The number of nitrogens with one attached hydrogen (secondary N) is 1. The van der Waals surface area contributed by atoms with Crippen LogP contribution in [0.2, 0.25) is 0 Å². The third kappa shape index (κ3) is 5.13. The average Bonchev–Trinajstić information content (AvgIpc) is 2.69. The van der Waals surface area contributed by atoms with Crippen LogP contribution in [0.1, 0.15) is 22.8 Å². The summed E-state index contributed by atoms with van der Waals surface area (Å²) in [5, 5.41) is 4.00. The number of hydrogen-bond donors (Lipinski definition) is 1. The molecule has 8 heteroatoms. The topological polar surface area (TPSA) is 78.4 Å². The molecule has 0 fully saturated rings. The van der Waals surface area contributed by atoms with E-state index in [1.807, 2.05) is 13.0 Å². The van der Waals surface area contributed by atoms with Crippen molar-refractivity contribution in [2.45, 2.75) is 6.92 Å². The number of carbonyl (C=O) groups excluding carboxylic acids is 1. The van der Waals surface area contributed by atoms with E-state index in [9.17, 15) is 4.79 Å². The van der Waals surface area contributed by atoms with Gasteiger partial charge < -0.3 is 18.9 Å². The van der Waals surface area contributed by atoms with Crippen molar-refractivity contribution in [2.75, 3.05) is 27.9 Å². The maximum atomic E-state index is 12.3. The van der Waals surface area contributed by atoms with Gasteiger partial charge in [0.1, 0.15) is 11.5 Å². The zero-order valence-electron chi connectivity index (χ0n) is 15.5. The van der Waals surface area contributed by atoms with Gasteiger partial charge in [0.25, 0.3) is 5.91 Å². The molecule has 2 rings (SSSR count). The number of hydrogen-bond acceptors (Lipinski definition) is 6. The quantitative estimate of drug-likeness (QED) is 0.504. The Morgan fingerprint density at radius 1 is 1.11 bits per heavy atom. The fraction of sp³-hybridized carbons (Fsp3) is 0.263. The largest absolute Gasteiger partial charge is 0.497 e. The molecule has 2 aromatic rings. The maximum Gasteiger partial charge on any atom is 0.275 e. The minimum Gasteiger partial charge on any atom is -0.497 e. The molecule has 1 N–H and O–H groups in total. The van der Waals surface area contributed by atoms with Gasteiger partial charge in [-0.2, -0.15) is 5.10 Å². The second-order valence-electron chi connectivity index (χ2n) is 5.23. The van der Waals surface area contributed by atoms with E-state index in [-0.39, 0.29) is 0 Å². The van der Waals surface area contributed by atoms with E-state index in [2.05, 4.69) is 26.5 Å². The third-order valence-corrected chi connectivity index (χ3v) is 4.16. The summed E-state index contributed by atoms with van der Waals surface area (Å²) in [5.74, 6) is 1.77. The SMILES string of the molecule is CCOc1c(Br)cc(C=NNC(=O)c2ccc(OC)cc2OC)cc1OC. The first-order valence-electron chi connectivity index (χ1n) is 8.09. The van der Waals surface area contributed by atoms with E-state index in [0.717, 1.165) is 10.0 Å². The number of amides is 1. The lowest BCUT2D eigenvalue weighted by atomic mass is 10.2. The standard InChI is InChI=1S/C19H21BrN2O5/c1-5-27-18-15(20)8-12(9-17(18)26-4)11-21-22-19(23)14-7-6-13(24-2)10-16(14)25-3/h6-11H,5H2,1-4H3,(H,22,23). The molecule has 0 spiro atoms. The predicted octanol–water partition coefficient (Wildman–Crippen LogP) is 3.64. The van der Waals surface area contributed by atoms with Gasteiger partial charge >= 0.3 is 0 Å². The summed E-state index contributed by atoms with van der Waals surface area (Å²) in [4.78, 5) is 12.3. The van der Waals surface area contributed by atoms with Gasteiger partial charge in [-0.1, -0.05) is 0 Å². The Morgan fingerprint density at radius 3 is 2.48 bits per heavy atom. The molecular weight excluding hydrogens is 416 g/mol. The van der Waals surface area contributed by atoms with Crippen LogP contribution in [0.5, 0.6) is 23.0 Å². The number of nitrogens with zero attached hydrogens (tertiary/aromatic N) is 1. The van der Waals surface area contributed by atoms with Gasteiger partial charge in [0, 0.05) is 6.07 Å². The molecule has 0 aromatic heterocycles. The molecule has 0 radical (unpaired) electrons. The Labute approximate surface area is 166 Å². The van der Waals surface area contributed by atoms with E-state index in [4.69, 9.17) is 18.9 Å². The Morgan fingerprint density at radius 2 is 1.85 bits per heavy atom. The summed E-state index contributed by atoms with van der Waals surface area (Å²) in [6, 6.07) is 8.50. The highest BCUT2D eigenvalue weighted by atomic mass is 79.9. The average molecular weight is 437 g/mol. The van der Waals surface area contributed by atoms with Crippen LogP contribution in [-0.2, 0) is 0 Å². The molecule has 7 nitrogen and oxygen atoms in total. The highest BCUT2D eigenvalue weighted by Gasteiger charge is 2.13. The Bertz CT molecular complexity index is 839. The summed E-state index contributed by atoms with van der Waals surface area (Å²) >= 11 is 3.45. The van der Waals surface area contributed by atoms with E-state index >= 15 is 0 Å². The minimum atomic E-state index is -0.400. The molecule has 0 aliphatic carbocycles. The Balaban J connectivity index is 2.15. The highest BCUT2D eigenvalue weighted by Crippen LogP contribution is 2.36. The molecule has 0 aliphatic heterocycles. The molecule has 0 saturated heterocycles. The lowest BCUT2D eigenvalue weighted by molar-refractivity contribution is 0.0952. The highest BCUT2D eigenvalue weighted by molar-refractivity contribution is 9.10. The maximum absolute atomic E-state index is 12.3. The van der Waals surface area contributed by atoms with Crippen LogP contribution in [0.3, 0.4) is 0 Å². The van der Waals surface area contributed by atoms with Gasteiger partial charge in [0.2, 0.25) is 0 Å². The van der Waals surface area contributed by atoms with Crippen LogP contribution in [0.25, 0.3) is 0 Å². The van der Waals surface area contributed by atoms with Gasteiger partial charge in [-0.15, -0.1) is 0 Å². The lowest BCUT2D eigenvalue weighted by Crippen LogP contribution is -2.18. The van der Waals surface area contributed by atoms with Gasteiger partial charge in [0.15, 0.2) is 11.5 Å². The van der Waals surface area contributed by atoms with E-state index in [0.29, 0.717) is 35.2 Å². The van der Waals surface area contributed by atoms with E-state index < -0.39 is 5.91 Å².